The third-order valence-electron chi connectivity index (χ3n) is 3.20. The minimum atomic E-state index is -0.461. The van der Waals surface area contributed by atoms with E-state index >= 15 is 0 Å². The smallest absolute Gasteiger partial charge is 0.410 e. The first-order valence-electron chi connectivity index (χ1n) is 6.03. The molecule has 2 saturated heterocycles. The molecule has 3 atom stereocenters. The second-order valence-corrected chi connectivity index (χ2v) is 5.77. The van der Waals surface area contributed by atoms with Gasteiger partial charge in [-0.2, -0.15) is 5.26 Å². The van der Waals surface area contributed by atoms with Gasteiger partial charge in [0.05, 0.1) is 18.5 Å². The van der Waals surface area contributed by atoms with Crippen LogP contribution in [0, 0.1) is 11.3 Å². The van der Waals surface area contributed by atoms with Gasteiger partial charge < -0.3 is 15.0 Å². The number of likely N-dealkylation sites (tertiary alicyclic amines) is 1. The fourth-order valence-electron chi connectivity index (χ4n) is 2.61. The first-order valence-corrected chi connectivity index (χ1v) is 6.03. The van der Waals surface area contributed by atoms with E-state index in [1.807, 2.05) is 20.8 Å². The summed E-state index contributed by atoms with van der Waals surface area (Å²) in [6, 6.07) is 2.71. The van der Waals surface area contributed by atoms with Gasteiger partial charge in [-0.05, 0) is 27.2 Å². The van der Waals surface area contributed by atoms with Crippen molar-refractivity contribution in [1.82, 2.24) is 10.2 Å². The second-order valence-electron chi connectivity index (χ2n) is 5.77. The van der Waals surface area contributed by atoms with Crippen molar-refractivity contribution in [3.63, 3.8) is 0 Å². The van der Waals surface area contributed by atoms with Gasteiger partial charge in [0, 0.05) is 18.6 Å². The molecule has 5 nitrogen and oxygen atoms in total. The molecule has 17 heavy (non-hydrogen) atoms. The largest absolute Gasteiger partial charge is 0.444 e. The molecule has 0 aromatic carbocycles. The van der Waals surface area contributed by atoms with E-state index in [0.717, 1.165) is 6.42 Å². The van der Waals surface area contributed by atoms with E-state index in [0.29, 0.717) is 19.0 Å². The van der Waals surface area contributed by atoms with Crippen molar-refractivity contribution in [2.24, 2.45) is 0 Å². The van der Waals surface area contributed by atoms with Gasteiger partial charge in [-0.1, -0.05) is 0 Å². The molecule has 0 unspecified atom stereocenters. The number of hydrogen-bond acceptors (Lipinski definition) is 4. The number of amides is 1. The molecule has 2 aliphatic heterocycles. The molecule has 0 aromatic heterocycles. The van der Waals surface area contributed by atoms with Gasteiger partial charge in [-0.15, -0.1) is 0 Å². The number of fused-ring (bicyclic) bond motifs is 2. The van der Waals surface area contributed by atoms with Crippen LogP contribution in [0.4, 0.5) is 4.79 Å². The van der Waals surface area contributed by atoms with Gasteiger partial charge in [0.15, 0.2) is 0 Å². The van der Waals surface area contributed by atoms with Gasteiger partial charge in [0.1, 0.15) is 5.60 Å². The molecular weight excluding hydrogens is 218 g/mol. The maximum absolute atomic E-state index is 12.0. The molecule has 5 heteroatoms. The van der Waals surface area contributed by atoms with Crippen LogP contribution < -0.4 is 5.32 Å². The first-order chi connectivity index (χ1) is 7.90. The van der Waals surface area contributed by atoms with Crippen LogP contribution in [0.25, 0.3) is 0 Å². The number of nitrogens with zero attached hydrogens (tertiary/aromatic N) is 2. The molecule has 0 radical (unpaired) electrons. The molecule has 0 spiro atoms. The summed E-state index contributed by atoms with van der Waals surface area (Å²) in [6.45, 7) is 6.29. The first kappa shape index (κ1) is 12.2. The lowest BCUT2D eigenvalue weighted by Crippen LogP contribution is -2.53. The van der Waals surface area contributed by atoms with Crippen LogP contribution in [0.15, 0.2) is 0 Å². The summed E-state index contributed by atoms with van der Waals surface area (Å²) in [5.74, 6) is 0. The highest BCUT2D eigenvalue weighted by atomic mass is 16.6. The van der Waals surface area contributed by atoms with E-state index in [1.165, 1.54) is 0 Å². The summed E-state index contributed by atoms with van der Waals surface area (Å²) in [4.78, 5) is 13.8. The van der Waals surface area contributed by atoms with Crippen molar-refractivity contribution in [2.75, 3.05) is 6.54 Å². The predicted octanol–water partition coefficient (Wildman–Crippen LogP) is 1.25. The Balaban J connectivity index is 2.00. The van der Waals surface area contributed by atoms with Crippen molar-refractivity contribution >= 4 is 6.09 Å². The van der Waals surface area contributed by atoms with Crippen molar-refractivity contribution in [3.05, 3.63) is 0 Å². The minimum absolute atomic E-state index is 0.103. The quantitative estimate of drug-likeness (QED) is 0.745. The topological polar surface area (TPSA) is 65.4 Å². The summed E-state index contributed by atoms with van der Waals surface area (Å²) in [6.07, 6.45) is 1.13. The van der Waals surface area contributed by atoms with E-state index in [4.69, 9.17) is 10.00 Å². The molecule has 0 aromatic rings. The monoisotopic (exact) mass is 237 g/mol. The summed E-state index contributed by atoms with van der Waals surface area (Å²) in [5, 5.41) is 12.1. The Labute approximate surface area is 102 Å². The van der Waals surface area contributed by atoms with Crippen LogP contribution in [0.3, 0.4) is 0 Å². The Morgan fingerprint density at radius 3 is 2.82 bits per heavy atom. The van der Waals surface area contributed by atoms with Crippen LogP contribution >= 0.6 is 0 Å². The SMILES string of the molecule is CC(C)(C)OC(=O)N1C[C@H]2C[C@@H]1[C@@H](CC#N)N2. The average molecular weight is 237 g/mol. The zero-order valence-electron chi connectivity index (χ0n) is 10.6. The lowest BCUT2D eigenvalue weighted by Gasteiger charge is -2.34. The second kappa shape index (κ2) is 4.19. The molecule has 0 aliphatic carbocycles. The maximum atomic E-state index is 12.0. The van der Waals surface area contributed by atoms with Gasteiger partial charge in [-0.3, -0.25) is 0 Å². The molecule has 2 fully saturated rings. The molecule has 2 heterocycles. The highest BCUT2D eigenvalue weighted by Crippen LogP contribution is 2.30. The molecule has 1 N–H and O–H groups in total. The van der Waals surface area contributed by atoms with Crippen molar-refractivity contribution in [1.29, 1.82) is 5.26 Å². The Morgan fingerprint density at radius 1 is 1.59 bits per heavy atom. The minimum Gasteiger partial charge on any atom is -0.444 e. The summed E-state index contributed by atoms with van der Waals surface area (Å²) >= 11 is 0. The lowest BCUT2D eigenvalue weighted by molar-refractivity contribution is 0.0167. The number of hydrogen-bond donors (Lipinski definition) is 1. The third kappa shape index (κ3) is 2.52. The van der Waals surface area contributed by atoms with Crippen LogP contribution in [0.1, 0.15) is 33.6 Å². The Hall–Kier alpha value is -1.28. The van der Waals surface area contributed by atoms with Crippen LogP contribution in [0.5, 0.6) is 0 Å². The fraction of sp³-hybridized carbons (Fsp3) is 0.833. The van der Waals surface area contributed by atoms with Gasteiger partial charge in [-0.25, -0.2) is 4.79 Å². The Bertz CT molecular complexity index is 356. The molecule has 2 bridgehead atoms. The van der Waals surface area contributed by atoms with Crippen molar-refractivity contribution in [3.8, 4) is 6.07 Å². The van der Waals surface area contributed by atoms with E-state index < -0.39 is 5.60 Å². The fourth-order valence-corrected chi connectivity index (χ4v) is 2.61. The van der Waals surface area contributed by atoms with Crippen molar-refractivity contribution in [2.45, 2.75) is 57.3 Å². The number of carbonyl (C=O) groups excluding carboxylic acids is 1. The zero-order chi connectivity index (χ0) is 12.6. The van der Waals surface area contributed by atoms with Gasteiger partial charge >= 0.3 is 6.09 Å². The number of nitrogens with one attached hydrogen (secondary N) is 1. The number of carbonyl (C=O) groups is 1. The van der Waals surface area contributed by atoms with E-state index in [9.17, 15) is 4.79 Å². The predicted molar refractivity (Wildman–Crippen MR) is 62.3 cm³/mol. The third-order valence-corrected chi connectivity index (χ3v) is 3.20. The molecule has 2 aliphatic rings. The normalized spacial score (nSPS) is 31.4. The molecular formula is C12H19N3O2. The number of ether oxygens (including phenoxy) is 1. The van der Waals surface area contributed by atoms with Gasteiger partial charge in [0.25, 0.3) is 0 Å². The zero-order valence-corrected chi connectivity index (χ0v) is 10.6. The average Bonchev–Trinajstić information content (AvgIpc) is 2.74. The molecule has 0 saturated carbocycles. The standard InChI is InChI=1S/C12H19N3O2/c1-12(2,3)17-11(16)15-7-8-6-10(15)9(14-8)4-5-13/h8-10,14H,4,6-7H2,1-3H3/t8-,9-,10-/m1/s1. The molecule has 94 valence electrons. The summed E-state index contributed by atoms with van der Waals surface area (Å²) in [7, 11) is 0. The summed E-state index contributed by atoms with van der Waals surface area (Å²) in [5.41, 5.74) is -0.461. The Kier molecular flexibility index (Phi) is 3.00. The van der Waals surface area contributed by atoms with E-state index in [1.54, 1.807) is 4.90 Å². The number of nitriles is 1. The highest BCUT2D eigenvalue weighted by molar-refractivity contribution is 5.69. The van der Waals surface area contributed by atoms with E-state index in [2.05, 4.69) is 11.4 Å². The molecule has 2 rings (SSSR count). The van der Waals surface area contributed by atoms with Crippen molar-refractivity contribution < 1.29 is 9.53 Å². The number of piperazine rings is 1. The van der Waals surface area contributed by atoms with Gasteiger partial charge in [0.2, 0.25) is 0 Å². The maximum Gasteiger partial charge on any atom is 0.410 e. The highest BCUT2D eigenvalue weighted by Gasteiger charge is 2.47. The Morgan fingerprint density at radius 2 is 2.29 bits per heavy atom. The van der Waals surface area contributed by atoms with Crippen LogP contribution in [0.2, 0.25) is 0 Å². The number of rotatable bonds is 1. The van der Waals surface area contributed by atoms with Crippen LogP contribution in [-0.2, 0) is 4.74 Å². The molecule has 1 amide bonds. The lowest BCUT2D eigenvalue weighted by atomic mass is 10.1. The van der Waals surface area contributed by atoms with E-state index in [-0.39, 0.29) is 18.2 Å². The van der Waals surface area contributed by atoms with Crippen LogP contribution in [-0.4, -0.2) is 41.3 Å². The summed E-state index contributed by atoms with van der Waals surface area (Å²) < 4.78 is 5.38.